The van der Waals surface area contributed by atoms with Gasteiger partial charge in [-0.1, -0.05) is 0 Å². The summed E-state index contributed by atoms with van der Waals surface area (Å²) in [4.78, 5) is 34.4. The maximum Gasteiger partial charge on any atom is 0.262 e. The molecule has 0 aromatic heterocycles. The van der Waals surface area contributed by atoms with Gasteiger partial charge in [-0.15, -0.1) is 0 Å². The summed E-state index contributed by atoms with van der Waals surface area (Å²) in [6, 6.07) is 0. The van der Waals surface area contributed by atoms with Crippen molar-refractivity contribution in [3.8, 4) is 0 Å². The SMILES string of the molecule is CCOCCOCC(=O)N1C(=O)CCC1=O. The van der Waals surface area contributed by atoms with E-state index in [9.17, 15) is 14.4 Å². The number of carbonyl (C=O) groups is 3. The molecule has 3 amide bonds. The van der Waals surface area contributed by atoms with E-state index in [1.807, 2.05) is 6.92 Å². The zero-order chi connectivity index (χ0) is 12.0. The number of hydrogen-bond donors (Lipinski definition) is 0. The molecule has 0 bridgehead atoms. The highest BCUT2D eigenvalue weighted by Crippen LogP contribution is 2.11. The average Bonchev–Trinajstić information content (AvgIpc) is 2.58. The van der Waals surface area contributed by atoms with Crippen molar-refractivity contribution >= 4 is 17.7 Å². The van der Waals surface area contributed by atoms with Crippen LogP contribution in [0.2, 0.25) is 0 Å². The van der Waals surface area contributed by atoms with Crippen molar-refractivity contribution in [3.63, 3.8) is 0 Å². The van der Waals surface area contributed by atoms with Gasteiger partial charge in [0.1, 0.15) is 6.61 Å². The molecule has 90 valence electrons. The fraction of sp³-hybridized carbons (Fsp3) is 0.700. The van der Waals surface area contributed by atoms with Crippen molar-refractivity contribution in [2.45, 2.75) is 19.8 Å². The van der Waals surface area contributed by atoms with Crippen molar-refractivity contribution in [2.24, 2.45) is 0 Å². The maximum absolute atomic E-state index is 11.4. The van der Waals surface area contributed by atoms with Gasteiger partial charge in [-0.3, -0.25) is 14.4 Å². The van der Waals surface area contributed by atoms with E-state index in [0.717, 1.165) is 0 Å². The van der Waals surface area contributed by atoms with Gasteiger partial charge < -0.3 is 9.47 Å². The van der Waals surface area contributed by atoms with E-state index in [4.69, 9.17) is 9.47 Å². The summed E-state index contributed by atoms with van der Waals surface area (Å²) in [5, 5.41) is 0. The van der Waals surface area contributed by atoms with Crippen LogP contribution >= 0.6 is 0 Å². The second kappa shape index (κ2) is 6.34. The zero-order valence-corrected chi connectivity index (χ0v) is 9.23. The minimum Gasteiger partial charge on any atom is -0.379 e. The fourth-order valence-corrected chi connectivity index (χ4v) is 1.34. The van der Waals surface area contributed by atoms with Crippen LogP contribution < -0.4 is 0 Å². The number of likely N-dealkylation sites (tertiary alicyclic amines) is 1. The molecule has 1 rings (SSSR count). The smallest absolute Gasteiger partial charge is 0.262 e. The molecule has 1 heterocycles. The van der Waals surface area contributed by atoms with Crippen LogP contribution in [0.1, 0.15) is 19.8 Å². The lowest BCUT2D eigenvalue weighted by Gasteiger charge is -2.11. The molecular formula is C10H15NO5. The summed E-state index contributed by atoms with van der Waals surface area (Å²) in [6.45, 7) is 2.85. The molecule has 1 saturated heterocycles. The molecule has 0 unspecified atom stereocenters. The molecule has 6 nitrogen and oxygen atoms in total. The molecule has 6 heteroatoms. The van der Waals surface area contributed by atoms with Crippen molar-refractivity contribution < 1.29 is 23.9 Å². The highest BCUT2D eigenvalue weighted by Gasteiger charge is 2.34. The maximum atomic E-state index is 11.4. The minimum absolute atomic E-state index is 0.115. The lowest BCUT2D eigenvalue weighted by Crippen LogP contribution is -2.38. The third-order valence-corrected chi connectivity index (χ3v) is 2.10. The summed E-state index contributed by atoms with van der Waals surface area (Å²) in [7, 11) is 0. The standard InChI is InChI=1S/C10H15NO5/c1-2-15-5-6-16-7-10(14)11-8(12)3-4-9(11)13/h2-7H2,1H3. The number of amides is 3. The largest absolute Gasteiger partial charge is 0.379 e. The molecule has 0 N–H and O–H groups in total. The van der Waals surface area contributed by atoms with E-state index >= 15 is 0 Å². The van der Waals surface area contributed by atoms with Crippen molar-refractivity contribution in [1.82, 2.24) is 4.90 Å². The van der Waals surface area contributed by atoms with Gasteiger partial charge in [-0.2, -0.15) is 0 Å². The number of ether oxygens (including phenoxy) is 2. The van der Waals surface area contributed by atoms with E-state index < -0.39 is 17.7 Å². The van der Waals surface area contributed by atoms with Gasteiger partial charge in [-0.25, -0.2) is 4.90 Å². The second-order valence-corrected chi connectivity index (χ2v) is 3.27. The molecule has 0 radical (unpaired) electrons. The normalized spacial score (nSPS) is 15.9. The first-order valence-corrected chi connectivity index (χ1v) is 5.21. The number of hydrogen-bond acceptors (Lipinski definition) is 5. The van der Waals surface area contributed by atoms with E-state index in [1.54, 1.807) is 0 Å². The van der Waals surface area contributed by atoms with Crippen LogP contribution in [0.3, 0.4) is 0 Å². The zero-order valence-electron chi connectivity index (χ0n) is 9.23. The fourth-order valence-electron chi connectivity index (χ4n) is 1.34. The summed E-state index contributed by atoms with van der Waals surface area (Å²) in [5.41, 5.74) is 0. The summed E-state index contributed by atoms with van der Waals surface area (Å²) >= 11 is 0. The van der Waals surface area contributed by atoms with Gasteiger partial charge in [-0.05, 0) is 6.92 Å². The highest BCUT2D eigenvalue weighted by atomic mass is 16.5. The van der Waals surface area contributed by atoms with Gasteiger partial charge in [0.25, 0.3) is 5.91 Å². The predicted octanol–water partition coefficient (Wildman–Crippen LogP) is -0.285. The molecule has 0 atom stereocenters. The van der Waals surface area contributed by atoms with Crippen LogP contribution in [0.15, 0.2) is 0 Å². The summed E-state index contributed by atoms with van der Waals surface area (Å²) in [5.74, 6) is -1.48. The first-order chi connectivity index (χ1) is 7.66. The molecule has 0 spiro atoms. The third-order valence-electron chi connectivity index (χ3n) is 2.10. The lowest BCUT2D eigenvalue weighted by molar-refractivity contribution is -0.152. The van der Waals surface area contributed by atoms with Crippen molar-refractivity contribution in [2.75, 3.05) is 26.4 Å². The third kappa shape index (κ3) is 3.39. The van der Waals surface area contributed by atoms with Gasteiger partial charge in [0, 0.05) is 19.4 Å². The molecule has 0 saturated carbocycles. The molecule has 1 aliphatic rings. The van der Waals surface area contributed by atoms with E-state index in [-0.39, 0.29) is 26.1 Å². The van der Waals surface area contributed by atoms with Crippen LogP contribution in [-0.4, -0.2) is 49.0 Å². The Bertz CT molecular complexity index is 273. The average molecular weight is 229 g/mol. The van der Waals surface area contributed by atoms with Crippen LogP contribution in [0.4, 0.5) is 0 Å². The van der Waals surface area contributed by atoms with Crippen molar-refractivity contribution in [1.29, 1.82) is 0 Å². The van der Waals surface area contributed by atoms with Crippen LogP contribution in [0, 0.1) is 0 Å². The molecule has 0 aliphatic carbocycles. The van der Waals surface area contributed by atoms with Gasteiger partial charge in [0.2, 0.25) is 11.8 Å². The van der Waals surface area contributed by atoms with Gasteiger partial charge in [0.05, 0.1) is 13.2 Å². The van der Waals surface area contributed by atoms with Crippen LogP contribution in [0.25, 0.3) is 0 Å². The quantitative estimate of drug-likeness (QED) is 0.462. The Morgan fingerprint density at radius 1 is 1.19 bits per heavy atom. The highest BCUT2D eigenvalue weighted by molar-refractivity contribution is 6.15. The Morgan fingerprint density at radius 3 is 2.31 bits per heavy atom. The Morgan fingerprint density at radius 2 is 1.75 bits per heavy atom. The Kier molecular flexibility index (Phi) is 5.07. The molecular weight excluding hydrogens is 214 g/mol. The number of carbonyl (C=O) groups excluding carboxylic acids is 3. The van der Waals surface area contributed by atoms with E-state index in [1.165, 1.54) is 0 Å². The molecule has 1 aliphatic heterocycles. The summed E-state index contributed by atoms with van der Waals surface area (Å²) in [6.07, 6.45) is 0.229. The monoisotopic (exact) mass is 229 g/mol. The first kappa shape index (κ1) is 12.8. The first-order valence-electron chi connectivity index (χ1n) is 5.21. The Balaban J connectivity index is 2.24. The Hall–Kier alpha value is -1.27. The number of nitrogens with zero attached hydrogens (tertiary/aromatic N) is 1. The molecule has 1 fully saturated rings. The molecule has 0 aromatic carbocycles. The molecule has 16 heavy (non-hydrogen) atoms. The number of rotatable bonds is 6. The molecule has 0 aromatic rings. The van der Waals surface area contributed by atoms with E-state index in [2.05, 4.69) is 0 Å². The van der Waals surface area contributed by atoms with Crippen molar-refractivity contribution in [3.05, 3.63) is 0 Å². The van der Waals surface area contributed by atoms with Crippen LogP contribution in [0.5, 0.6) is 0 Å². The predicted molar refractivity (Wildman–Crippen MR) is 53.4 cm³/mol. The second-order valence-electron chi connectivity index (χ2n) is 3.27. The van der Waals surface area contributed by atoms with Gasteiger partial charge in [0.15, 0.2) is 0 Å². The Labute approximate surface area is 93.5 Å². The van der Waals surface area contributed by atoms with E-state index in [0.29, 0.717) is 18.1 Å². The number of imide groups is 3. The topological polar surface area (TPSA) is 72.9 Å². The minimum atomic E-state index is -0.594. The van der Waals surface area contributed by atoms with Crippen LogP contribution in [-0.2, 0) is 23.9 Å². The van der Waals surface area contributed by atoms with Gasteiger partial charge >= 0.3 is 0 Å². The lowest BCUT2D eigenvalue weighted by atomic mass is 10.4. The summed E-state index contributed by atoms with van der Waals surface area (Å²) < 4.78 is 9.99.